The van der Waals surface area contributed by atoms with Crippen LogP contribution < -0.4 is 0 Å². The van der Waals surface area contributed by atoms with Crippen LogP contribution in [0.1, 0.15) is 0 Å². The van der Waals surface area contributed by atoms with E-state index in [-0.39, 0.29) is 0 Å². The third kappa shape index (κ3) is 5.13. The number of hydrogen-bond acceptors (Lipinski definition) is 4. The van der Waals surface area contributed by atoms with Crippen LogP contribution in [0.15, 0.2) is 0 Å². The minimum absolute atomic E-state index is 0.527. The van der Waals surface area contributed by atoms with Gasteiger partial charge in [0.1, 0.15) is 6.16 Å². The van der Waals surface area contributed by atoms with Gasteiger partial charge in [0, 0.05) is 0 Å². The molecule has 0 aromatic heterocycles. The van der Waals surface area contributed by atoms with Crippen molar-refractivity contribution in [3.63, 3.8) is 0 Å². The van der Waals surface area contributed by atoms with Crippen molar-refractivity contribution in [3.8, 4) is 0 Å². The third-order valence-electron chi connectivity index (χ3n) is 0.564. The normalized spacial score (nSPS) is 11.2. The van der Waals surface area contributed by atoms with E-state index in [0.717, 1.165) is 0 Å². The number of carbonyl (C=O) groups is 1. The molecule has 0 atom stereocenters. The molecule has 0 bridgehead atoms. The Morgan fingerprint density at radius 2 is 1.90 bits per heavy atom. The molecular weight excluding hydrogens is 197 g/mol. The van der Waals surface area contributed by atoms with Crippen LogP contribution in [-0.4, -0.2) is 25.6 Å². The minimum atomic E-state index is -4.26. The van der Waals surface area contributed by atoms with Crippen LogP contribution >= 0.6 is 33.2 Å². The highest BCUT2D eigenvalue weighted by molar-refractivity contribution is 7.94. The summed E-state index contributed by atoms with van der Waals surface area (Å²) in [4.78, 5) is 26.9. The van der Waals surface area contributed by atoms with E-state index < -0.39 is 19.7 Å². The molecule has 0 unspecified atom stereocenters. The summed E-state index contributed by atoms with van der Waals surface area (Å²) in [6.07, 6.45) is -0.861. The molecule has 60 valence electrons. The van der Waals surface area contributed by atoms with Gasteiger partial charge in [-0.3, -0.25) is 9.36 Å². The Balaban J connectivity index is 3.94. The Morgan fingerprint density at radius 1 is 1.50 bits per heavy atom. The predicted octanol–water partition coefficient (Wildman–Crippen LogP) is -0.318. The Hall–Kier alpha value is 0.320. The maximum atomic E-state index is 10.4. The summed E-state index contributed by atoms with van der Waals surface area (Å²) in [6, 6.07) is 0. The van der Waals surface area contributed by atoms with Gasteiger partial charge in [-0.1, -0.05) is 25.6 Å². The molecule has 0 aliphatic carbocycles. The van der Waals surface area contributed by atoms with Gasteiger partial charge in [0.2, 0.25) is 0 Å². The van der Waals surface area contributed by atoms with E-state index in [0.29, 0.717) is 3.71 Å². The molecule has 0 spiro atoms. The Labute approximate surface area is 68.7 Å². The first kappa shape index (κ1) is 10.3. The molecule has 0 aromatic rings. The summed E-state index contributed by atoms with van der Waals surface area (Å²) in [5.74, 6) is -0.833. The molecule has 0 fully saturated rings. The Kier molecular flexibility index (Phi) is 3.75. The van der Waals surface area contributed by atoms with Gasteiger partial charge in [-0.15, -0.1) is 0 Å². The predicted molar refractivity (Wildman–Crippen MR) is 41.7 cm³/mol. The molecule has 10 heavy (non-hydrogen) atoms. The third-order valence-corrected chi connectivity index (χ3v) is 1.69. The van der Waals surface area contributed by atoms with Gasteiger partial charge in [-0.2, -0.15) is 0 Å². The number of thiol groups is 2. The first-order valence-corrected chi connectivity index (χ1v) is 4.68. The summed E-state index contributed by atoms with van der Waals surface area (Å²) in [5.41, 5.74) is 0. The van der Waals surface area contributed by atoms with Gasteiger partial charge in [-0.25, -0.2) is 3.71 Å². The molecule has 0 saturated heterocycles. The standard InChI is InChI=1S/C2H6NO4PS2/c4-2(3(9)10)1-8(5,6)7/h9-10H,1H2,(H2,5,6,7). The molecule has 0 aliphatic rings. The molecule has 0 rings (SSSR count). The van der Waals surface area contributed by atoms with Crippen molar-refractivity contribution in [2.24, 2.45) is 0 Å². The molecular formula is C2H6NO4PS2. The van der Waals surface area contributed by atoms with Gasteiger partial charge in [-0.05, 0) is 0 Å². The van der Waals surface area contributed by atoms with E-state index in [2.05, 4.69) is 25.6 Å². The molecule has 5 nitrogen and oxygen atoms in total. The molecule has 1 amide bonds. The van der Waals surface area contributed by atoms with Crippen molar-refractivity contribution in [1.29, 1.82) is 0 Å². The first-order valence-electron chi connectivity index (χ1n) is 2.08. The van der Waals surface area contributed by atoms with Crippen LogP contribution in [0.4, 0.5) is 0 Å². The summed E-state index contributed by atoms with van der Waals surface area (Å²) < 4.78 is 10.7. The van der Waals surface area contributed by atoms with Crippen LogP contribution in [0, 0.1) is 0 Å². The molecule has 0 saturated carbocycles. The molecule has 0 aromatic carbocycles. The fraction of sp³-hybridized carbons (Fsp3) is 0.500. The Bertz CT molecular complexity index is 176. The fourth-order valence-electron chi connectivity index (χ4n) is 0.239. The molecule has 0 heterocycles. The zero-order chi connectivity index (χ0) is 8.36. The van der Waals surface area contributed by atoms with E-state index in [9.17, 15) is 9.36 Å². The number of amides is 1. The van der Waals surface area contributed by atoms with Gasteiger partial charge in [0.05, 0.1) is 0 Å². The average Bonchev–Trinajstić information content (AvgIpc) is 1.60. The highest BCUT2D eigenvalue weighted by atomic mass is 32.2. The number of carbonyl (C=O) groups excluding carboxylic acids is 1. The quantitative estimate of drug-likeness (QED) is 0.366. The van der Waals surface area contributed by atoms with Crippen molar-refractivity contribution >= 4 is 39.1 Å². The summed E-state index contributed by atoms with van der Waals surface area (Å²) in [6.45, 7) is 0. The lowest BCUT2D eigenvalue weighted by atomic mass is 10.8. The largest absolute Gasteiger partial charge is 0.334 e. The second kappa shape index (κ2) is 3.64. The average molecular weight is 203 g/mol. The second-order valence-electron chi connectivity index (χ2n) is 1.51. The zero-order valence-electron chi connectivity index (χ0n) is 4.71. The van der Waals surface area contributed by atoms with Gasteiger partial charge in [0.25, 0.3) is 5.91 Å². The highest BCUT2D eigenvalue weighted by Gasteiger charge is 2.20. The highest BCUT2D eigenvalue weighted by Crippen LogP contribution is 2.34. The monoisotopic (exact) mass is 203 g/mol. The van der Waals surface area contributed by atoms with Crippen LogP contribution in [0.3, 0.4) is 0 Å². The van der Waals surface area contributed by atoms with Gasteiger partial charge < -0.3 is 9.79 Å². The van der Waals surface area contributed by atoms with E-state index in [4.69, 9.17) is 9.79 Å². The summed E-state index contributed by atoms with van der Waals surface area (Å²) in [7, 11) is -4.26. The van der Waals surface area contributed by atoms with Crippen LogP contribution in [0.25, 0.3) is 0 Å². The molecule has 0 aliphatic heterocycles. The van der Waals surface area contributed by atoms with E-state index >= 15 is 0 Å². The molecule has 2 N–H and O–H groups in total. The maximum Gasteiger partial charge on any atom is 0.334 e. The van der Waals surface area contributed by atoms with E-state index in [1.807, 2.05) is 0 Å². The lowest BCUT2D eigenvalue weighted by Gasteiger charge is -2.07. The van der Waals surface area contributed by atoms with Crippen molar-refractivity contribution in [2.75, 3.05) is 6.16 Å². The number of hydrogen-bond donors (Lipinski definition) is 4. The first-order chi connectivity index (χ1) is 4.33. The van der Waals surface area contributed by atoms with E-state index in [1.54, 1.807) is 0 Å². The number of rotatable bonds is 2. The van der Waals surface area contributed by atoms with Crippen molar-refractivity contribution in [2.45, 2.75) is 0 Å². The lowest BCUT2D eigenvalue weighted by Crippen LogP contribution is -2.15. The van der Waals surface area contributed by atoms with Crippen molar-refractivity contribution < 1.29 is 19.1 Å². The summed E-state index contributed by atoms with van der Waals surface area (Å²) >= 11 is 6.82. The van der Waals surface area contributed by atoms with E-state index in [1.165, 1.54) is 0 Å². The van der Waals surface area contributed by atoms with Crippen molar-refractivity contribution in [3.05, 3.63) is 0 Å². The number of nitrogens with zero attached hydrogens (tertiary/aromatic N) is 1. The van der Waals surface area contributed by atoms with Gasteiger partial charge >= 0.3 is 7.60 Å². The topological polar surface area (TPSA) is 77.8 Å². The minimum Gasteiger partial charge on any atom is -0.324 e. The van der Waals surface area contributed by atoms with Crippen molar-refractivity contribution in [1.82, 2.24) is 3.71 Å². The second-order valence-corrected chi connectivity index (χ2v) is 4.27. The molecule has 0 radical (unpaired) electrons. The van der Waals surface area contributed by atoms with Crippen LogP contribution in [0.5, 0.6) is 0 Å². The fourth-order valence-corrected chi connectivity index (χ4v) is 1.10. The van der Waals surface area contributed by atoms with Crippen LogP contribution in [0.2, 0.25) is 0 Å². The van der Waals surface area contributed by atoms with Gasteiger partial charge in [0.15, 0.2) is 0 Å². The molecule has 8 heteroatoms. The zero-order valence-corrected chi connectivity index (χ0v) is 7.39. The maximum absolute atomic E-state index is 10.4. The Morgan fingerprint density at radius 3 is 2.00 bits per heavy atom. The lowest BCUT2D eigenvalue weighted by molar-refractivity contribution is -0.120. The van der Waals surface area contributed by atoms with Crippen LogP contribution in [-0.2, 0) is 9.36 Å². The summed E-state index contributed by atoms with van der Waals surface area (Å²) in [5, 5.41) is 0. The smallest absolute Gasteiger partial charge is 0.324 e. The SMILES string of the molecule is O=C(CP(=O)(O)O)N(S)S.